The van der Waals surface area contributed by atoms with E-state index in [0.29, 0.717) is 0 Å². The molecule has 0 unspecified atom stereocenters. The smallest absolute Gasteiger partial charge is 0.0405 e. The third-order valence-electron chi connectivity index (χ3n) is 0.733. The van der Waals surface area contributed by atoms with Crippen molar-refractivity contribution in [2.45, 2.75) is 13.8 Å². The Bertz CT molecular complexity index is 139. The van der Waals surface area contributed by atoms with Crippen LogP contribution in [0.5, 0.6) is 0 Å². The van der Waals surface area contributed by atoms with Crippen LogP contribution in [0.2, 0.25) is 5.02 Å². The second-order valence-corrected chi connectivity index (χ2v) is 1.73. The van der Waals surface area contributed by atoms with Crippen molar-refractivity contribution in [1.82, 2.24) is 0 Å². The average molecular weight is 191 g/mol. The van der Waals surface area contributed by atoms with Crippen molar-refractivity contribution < 1.29 is 0 Å². The van der Waals surface area contributed by atoms with E-state index in [-0.39, 0.29) is 0 Å². The molecule has 2 heteroatoms. The molecule has 11 heavy (non-hydrogen) atoms. The summed E-state index contributed by atoms with van der Waals surface area (Å²) in [5.41, 5.74) is 0. The Morgan fingerprint density at radius 1 is 1.00 bits per heavy atom. The zero-order valence-corrected chi connectivity index (χ0v) is 8.86. The van der Waals surface area contributed by atoms with Crippen LogP contribution in [0.4, 0.5) is 0 Å². The zero-order valence-electron chi connectivity index (χ0n) is 7.21. The average Bonchev–Trinajstić information content (AvgIpc) is 2.13. The monoisotopic (exact) mass is 190 g/mol. The lowest BCUT2D eigenvalue weighted by Gasteiger charge is -1.80. The third kappa shape index (κ3) is 9.86. The molecule has 0 saturated heterocycles. The summed E-state index contributed by atoms with van der Waals surface area (Å²) in [7, 11) is 0. The molecule has 0 heterocycles. The first-order valence-electron chi connectivity index (χ1n) is 3.55. The number of rotatable bonds is 0. The fourth-order valence-corrected chi connectivity index (χ4v) is 0.560. The van der Waals surface area contributed by atoms with Gasteiger partial charge in [-0.3, -0.25) is 0 Å². The Balaban J connectivity index is 0. The summed E-state index contributed by atoms with van der Waals surface area (Å²) in [5, 5.41) is 0.794. The molecule has 1 aromatic rings. The van der Waals surface area contributed by atoms with E-state index in [1.165, 1.54) is 0 Å². The van der Waals surface area contributed by atoms with Gasteiger partial charge in [0.1, 0.15) is 0 Å². The molecule has 0 nitrogen and oxygen atoms in total. The summed E-state index contributed by atoms with van der Waals surface area (Å²) in [6, 6.07) is 9.44. The summed E-state index contributed by atoms with van der Waals surface area (Å²) in [6.45, 7) is 4.00. The van der Waals surface area contributed by atoms with Crippen LogP contribution >= 0.6 is 24.2 Å². The van der Waals surface area contributed by atoms with Crippen LogP contribution in [0.25, 0.3) is 0 Å². The van der Waals surface area contributed by atoms with Crippen LogP contribution in [-0.2, 0) is 0 Å². The largest absolute Gasteiger partial charge is 0.183 e. The van der Waals surface area contributed by atoms with E-state index in [1.807, 2.05) is 44.2 Å². The molecule has 1 rings (SSSR count). The normalized spacial score (nSPS) is 6.64. The van der Waals surface area contributed by atoms with Gasteiger partial charge in [0.15, 0.2) is 0 Å². The molecule has 0 aromatic heterocycles. The van der Waals surface area contributed by atoms with Gasteiger partial charge in [0, 0.05) is 5.02 Å². The highest BCUT2D eigenvalue weighted by molar-refractivity contribution is 7.79. The van der Waals surface area contributed by atoms with E-state index >= 15 is 0 Å². The molecule has 0 atom stereocenters. The van der Waals surface area contributed by atoms with Crippen LogP contribution in [-0.4, -0.2) is 6.26 Å². The van der Waals surface area contributed by atoms with E-state index in [2.05, 4.69) is 12.6 Å². The number of halogens is 1. The second kappa shape index (κ2) is 12.5. The first kappa shape index (κ1) is 13.4. The molecule has 0 aliphatic heterocycles. The minimum Gasteiger partial charge on any atom is -0.183 e. The van der Waals surface area contributed by atoms with E-state index in [4.69, 9.17) is 11.6 Å². The number of hydrogen-bond acceptors (Lipinski definition) is 1. The molecule has 0 bridgehead atoms. The van der Waals surface area contributed by atoms with Crippen molar-refractivity contribution in [3.8, 4) is 0 Å². The Morgan fingerprint density at radius 2 is 1.36 bits per heavy atom. The molecular formula is C9H15ClS. The molecule has 0 saturated carbocycles. The van der Waals surface area contributed by atoms with E-state index < -0.39 is 0 Å². The topological polar surface area (TPSA) is 0 Å². The first-order chi connectivity index (χ1) is 5.39. The van der Waals surface area contributed by atoms with Crippen molar-refractivity contribution in [2.24, 2.45) is 0 Å². The molecular weight excluding hydrogens is 176 g/mol. The second-order valence-electron chi connectivity index (χ2n) is 1.30. The highest BCUT2D eigenvalue weighted by Gasteiger charge is 1.74. The van der Waals surface area contributed by atoms with Crippen LogP contribution in [0.3, 0.4) is 0 Å². The third-order valence-corrected chi connectivity index (χ3v) is 0.985. The van der Waals surface area contributed by atoms with E-state index in [9.17, 15) is 0 Å². The predicted molar refractivity (Wildman–Crippen MR) is 57.7 cm³/mol. The highest BCUT2D eigenvalue weighted by atomic mass is 35.5. The van der Waals surface area contributed by atoms with Gasteiger partial charge in [0.05, 0.1) is 0 Å². The fraction of sp³-hybridized carbons (Fsp3) is 0.333. The van der Waals surface area contributed by atoms with Crippen molar-refractivity contribution in [3.05, 3.63) is 35.4 Å². The molecule has 0 N–H and O–H groups in total. The first-order valence-corrected chi connectivity index (χ1v) is 4.82. The van der Waals surface area contributed by atoms with Gasteiger partial charge >= 0.3 is 0 Å². The summed E-state index contributed by atoms with van der Waals surface area (Å²) < 4.78 is 0. The molecule has 0 aliphatic rings. The molecule has 64 valence electrons. The van der Waals surface area contributed by atoms with E-state index in [1.54, 1.807) is 6.26 Å². The quantitative estimate of drug-likeness (QED) is 0.590. The maximum absolute atomic E-state index is 5.54. The lowest BCUT2D eigenvalue weighted by atomic mass is 10.4. The minimum atomic E-state index is 0.794. The number of benzene rings is 1. The minimum absolute atomic E-state index is 0.794. The predicted octanol–water partition coefficient (Wildman–Crippen LogP) is 3.91. The fourth-order valence-electron chi connectivity index (χ4n) is 0.415. The van der Waals surface area contributed by atoms with Crippen LogP contribution < -0.4 is 0 Å². The maximum Gasteiger partial charge on any atom is 0.0405 e. The SMILES string of the molecule is CC.CS.Clc1ccccc1. The van der Waals surface area contributed by atoms with Crippen molar-refractivity contribution >= 4 is 24.2 Å². The standard InChI is InChI=1S/C6H5Cl.C2H6.CH4S/c7-6-4-2-1-3-5-6;2*1-2/h1-5H;1-2H3;2H,1H3. The summed E-state index contributed by atoms with van der Waals surface area (Å²) in [4.78, 5) is 0. The van der Waals surface area contributed by atoms with Gasteiger partial charge in [-0.25, -0.2) is 0 Å². The van der Waals surface area contributed by atoms with Gasteiger partial charge in [-0.15, -0.1) is 0 Å². The number of hydrogen-bond donors (Lipinski definition) is 1. The lowest BCUT2D eigenvalue weighted by molar-refractivity contribution is 1.50. The summed E-state index contributed by atoms with van der Waals surface area (Å²) in [5.74, 6) is 0. The van der Waals surface area contributed by atoms with Gasteiger partial charge in [-0.05, 0) is 18.4 Å². The summed E-state index contributed by atoms with van der Waals surface area (Å²) in [6.07, 6.45) is 1.69. The zero-order chi connectivity index (χ0) is 9.11. The Morgan fingerprint density at radius 3 is 1.55 bits per heavy atom. The van der Waals surface area contributed by atoms with Gasteiger partial charge in [0.2, 0.25) is 0 Å². The molecule has 0 radical (unpaired) electrons. The number of thiol groups is 1. The van der Waals surface area contributed by atoms with Crippen molar-refractivity contribution in [3.63, 3.8) is 0 Å². The molecule has 1 aromatic carbocycles. The Hall–Kier alpha value is -0.140. The molecule has 0 fully saturated rings. The van der Waals surface area contributed by atoms with Gasteiger partial charge < -0.3 is 0 Å². The Kier molecular flexibility index (Phi) is 15.3. The Labute approximate surface area is 80.0 Å². The van der Waals surface area contributed by atoms with E-state index in [0.717, 1.165) is 5.02 Å². The van der Waals surface area contributed by atoms with Gasteiger partial charge in [0.25, 0.3) is 0 Å². The van der Waals surface area contributed by atoms with Crippen LogP contribution in [0.15, 0.2) is 30.3 Å². The van der Waals surface area contributed by atoms with Gasteiger partial charge in [-0.1, -0.05) is 43.6 Å². The lowest BCUT2D eigenvalue weighted by Crippen LogP contribution is -1.55. The highest BCUT2D eigenvalue weighted by Crippen LogP contribution is 2.03. The van der Waals surface area contributed by atoms with Crippen LogP contribution in [0, 0.1) is 0 Å². The van der Waals surface area contributed by atoms with Crippen molar-refractivity contribution in [1.29, 1.82) is 0 Å². The molecule has 0 aliphatic carbocycles. The molecule has 0 amide bonds. The van der Waals surface area contributed by atoms with Crippen LogP contribution in [0.1, 0.15) is 13.8 Å². The molecule has 0 spiro atoms. The van der Waals surface area contributed by atoms with Crippen molar-refractivity contribution in [2.75, 3.05) is 6.26 Å². The summed E-state index contributed by atoms with van der Waals surface area (Å²) >= 11 is 9.07. The van der Waals surface area contributed by atoms with Gasteiger partial charge in [-0.2, -0.15) is 12.6 Å². The maximum atomic E-state index is 5.54.